The van der Waals surface area contributed by atoms with Crippen molar-refractivity contribution < 1.29 is 25.2 Å². The molecule has 2 aromatic carbocycles. The molecule has 3 aromatic rings. The molecule has 1 saturated heterocycles. The Morgan fingerprint density at radius 1 is 1.00 bits per heavy atom. The molecule has 0 bridgehead atoms. The summed E-state index contributed by atoms with van der Waals surface area (Å²) >= 11 is 1.67. The van der Waals surface area contributed by atoms with Crippen molar-refractivity contribution in [3.05, 3.63) is 70.1 Å². The van der Waals surface area contributed by atoms with Crippen LogP contribution in [0.25, 0.3) is 10.1 Å². The number of aliphatic hydroxyl groups is 4. The van der Waals surface area contributed by atoms with Gasteiger partial charge >= 0.3 is 0 Å². The van der Waals surface area contributed by atoms with Gasteiger partial charge in [0, 0.05) is 4.70 Å². The molecular weight excluding hydrogens is 376 g/mol. The normalized spacial score (nSPS) is 28.0. The number of benzene rings is 2. The molecule has 0 amide bonds. The van der Waals surface area contributed by atoms with E-state index in [-0.39, 0.29) is 0 Å². The first-order valence-corrected chi connectivity index (χ1v) is 10.2. The standard InChI is InChI=1S/C22H24O5S/c1-12-3-2-4-13(7-12)8-15-11-28-18-6-5-14(9-16(15)18)22-21(26)20(25)19(24)17(10-23)27-22/h2-7,9,11,17,19-26H,8,10H2,1H3/t17-,19-,20+,21-,22+/m1/s1. The molecule has 5 nitrogen and oxygen atoms in total. The van der Waals surface area contributed by atoms with Crippen molar-refractivity contribution in [1.82, 2.24) is 0 Å². The SMILES string of the molecule is Cc1cccc(Cc2csc3ccc([C@@H]4O[C@H](CO)[C@@H](O)[C@H](O)[C@H]4O)cc23)c1. The van der Waals surface area contributed by atoms with Crippen molar-refractivity contribution in [2.75, 3.05) is 6.61 Å². The second-order valence-corrected chi connectivity index (χ2v) is 8.34. The highest BCUT2D eigenvalue weighted by atomic mass is 32.1. The van der Waals surface area contributed by atoms with Gasteiger partial charge in [-0.05, 0) is 52.9 Å². The molecular formula is C22H24O5S. The summed E-state index contributed by atoms with van der Waals surface area (Å²) in [6.07, 6.45) is -4.91. The maximum absolute atomic E-state index is 10.4. The number of hydrogen-bond donors (Lipinski definition) is 4. The van der Waals surface area contributed by atoms with Gasteiger partial charge in [-0.25, -0.2) is 0 Å². The van der Waals surface area contributed by atoms with Crippen LogP contribution in [0.5, 0.6) is 0 Å². The van der Waals surface area contributed by atoms with Gasteiger partial charge < -0.3 is 25.2 Å². The van der Waals surface area contributed by atoms with Crippen LogP contribution in [-0.4, -0.2) is 51.4 Å². The molecule has 5 atom stereocenters. The number of fused-ring (bicyclic) bond motifs is 1. The van der Waals surface area contributed by atoms with Gasteiger partial charge in [0.05, 0.1) is 6.61 Å². The topological polar surface area (TPSA) is 90.2 Å². The van der Waals surface area contributed by atoms with Gasteiger partial charge in [-0.1, -0.05) is 35.9 Å². The summed E-state index contributed by atoms with van der Waals surface area (Å²) in [6, 6.07) is 14.2. The highest BCUT2D eigenvalue weighted by molar-refractivity contribution is 7.17. The lowest BCUT2D eigenvalue weighted by atomic mass is 9.90. The first-order chi connectivity index (χ1) is 13.5. The fourth-order valence-electron chi connectivity index (χ4n) is 3.83. The van der Waals surface area contributed by atoms with Crippen LogP contribution in [0.1, 0.15) is 28.4 Å². The summed E-state index contributed by atoms with van der Waals surface area (Å²) in [6.45, 7) is 1.65. The molecule has 0 saturated carbocycles. The summed E-state index contributed by atoms with van der Waals surface area (Å²) in [5.74, 6) is 0. The Morgan fingerprint density at radius 2 is 1.82 bits per heavy atom. The third-order valence-corrected chi connectivity index (χ3v) is 6.39. The third-order valence-electron chi connectivity index (χ3n) is 5.38. The molecule has 0 unspecified atom stereocenters. The lowest BCUT2D eigenvalue weighted by molar-refractivity contribution is -0.231. The molecule has 148 valence electrons. The Kier molecular flexibility index (Phi) is 5.51. The van der Waals surface area contributed by atoms with Crippen LogP contribution in [0.3, 0.4) is 0 Å². The first kappa shape index (κ1) is 19.5. The predicted molar refractivity (Wildman–Crippen MR) is 109 cm³/mol. The monoisotopic (exact) mass is 400 g/mol. The van der Waals surface area contributed by atoms with Crippen molar-refractivity contribution in [3.8, 4) is 0 Å². The fourth-order valence-corrected chi connectivity index (χ4v) is 4.78. The van der Waals surface area contributed by atoms with Crippen molar-refractivity contribution in [2.45, 2.75) is 43.9 Å². The zero-order valence-electron chi connectivity index (χ0n) is 15.5. The van der Waals surface area contributed by atoms with Gasteiger partial charge in [-0.15, -0.1) is 11.3 Å². The molecule has 2 heterocycles. The molecule has 0 radical (unpaired) electrons. The number of rotatable bonds is 4. The minimum Gasteiger partial charge on any atom is -0.394 e. The van der Waals surface area contributed by atoms with Gasteiger partial charge in [0.1, 0.15) is 30.5 Å². The molecule has 28 heavy (non-hydrogen) atoms. The van der Waals surface area contributed by atoms with E-state index in [1.165, 1.54) is 16.7 Å². The summed E-state index contributed by atoms with van der Waals surface area (Å²) < 4.78 is 6.84. The number of hydrogen-bond acceptors (Lipinski definition) is 6. The molecule has 1 aliphatic heterocycles. The van der Waals surface area contributed by atoms with Gasteiger partial charge in [-0.3, -0.25) is 0 Å². The Labute approximate surface area is 167 Å². The first-order valence-electron chi connectivity index (χ1n) is 9.34. The van der Waals surface area contributed by atoms with Crippen molar-refractivity contribution in [3.63, 3.8) is 0 Å². The maximum atomic E-state index is 10.4. The molecule has 1 aliphatic rings. The van der Waals surface area contributed by atoms with Crippen LogP contribution in [0.4, 0.5) is 0 Å². The van der Waals surface area contributed by atoms with Gasteiger partial charge in [0.15, 0.2) is 0 Å². The van der Waals surface area contributed by atoms with Crippen molar-refractivity contribution in [1.29, 1.82) is 0 Å². The Morgan fingerprint density at radius 3 is 2.57 bits per heavy atom. The van der Waals surface area contributed by atoms with Gasteiger partial charge in [-0.2, -0.15) is 0 Å². The molecule has 0 spiro atoms. The molecule has 4 N–H and O–H groups in total. The second-order valence-electron chi connectivity index (χ2n) is 7.43. The van der Waals surface area contributed by atoms with Gasteiger partial charge in [0.2, 0.25) is 0 Å². The maximum Gasteiger partial charge on any atom is 0.113 e. The summed E-state index contributed by atoms with van der Waals surface area (Å²) in [5, 5.41) is 43.2. The van der Waals surface area contributed by atoms with Gasteiger partial charge in [0.25, 0.3) is 0 Å². The number of aryl methyl sites for hydroxylation is 1. The fraction of sp³-hybridized carbons (Fsp3) is 0.364. The highest BCUT2D eigenvalue weighted by Gasteiger charge is 2.43. The Balaban J connectivity index is 1.67. The predicted octanol–water partition coefficient (Wildman–Crippen LogP) is 2.32. The van der Waals surface area contributed by atoms with Crippen molar-refractivity contribution in [2.24, 2.45) is 0 Å². The molecule has 1 aromatic heterocycles. The molecule has 1 fully saturated rings. The quantitative estimate of drug-likeness (QED) is 0.540. The van der Waals surface area contributed by atoms with E-state index in [2.05, 4.69) is 36.6 Å². The van der Waals surface area contributed by atoms with Crippen molar-refractivity contribution >= 4 is 21.4 Å². The number of aliphatic hydroxyl groups excluding tert-OH is 4. The van der Waals surface area contributed by atoms with E-state index >= 15 is 0 Å². The average molecular weight is 400 g/mol. The van der Waals surface area contributed by atoms with Crippen LogP contribution >= 0.6 is 11.3 Å². The minimum atomic E-state index is -1.37. The van der Waals surface area contributed by atoms with Crippen LogP contribution in [0.2, 0.25) is 0 Å². The zero-order valence-corrected chi connectivity index (χ0v) is 16.3. The summed E-state index contributed by atoms with van der Waals surface area (Å²) in [5.41, 5.74) is 4.36. The average Bonchev–Trinajstić information content (AvgIpc) is 3.08. The largest absolute Gasteiger partial charge is 0.394 e. The van der Waals surface area contributed by atoms with E-state index in [9.17, 15) is 20.4 Å². The van der Waals surface area contributed by atoms with E-state index < -0.39 is 37.1 Å². The van der Waals surface area contributed by atoms with Crippen LogP contribution in [0, 0.1) is 6.92 Å². The Bertz CT molecular complexity index is 966. The van der Waals surface area contributed by atoms with Crippen LogP contribution in [-0.2, 0) is 11.2 Å². The van der Waals surface area contributed by atoms with E-state index in [1.807, 2.05) is 18.2 Å². The van der Waals surface area contributed by atoms with E-state index in [1.54, 1.807) is 11.3 Å². The molecule has 6 heteroatoms. The highest BCUT2D eigenvalue weighted by Crippen LogP contribution is 2.36. The minimum absolute atomic E-state index is 0.430. The van der Waals surface area contributed by atoms with E-state index in [0.717, 1.165) is 16.5 Å². The van der Waals surface area contributed by atoms with E-state index in [0.29, 0.717) is 5.56 Å². The lowest BCUT2D eigenvalue weighted by Crippen LogP contribution is -2.55. The number of thiophene rings is 1. The summed E-state index contributed by atoms with van der Waals surface area (Å²) in [7, 11) is 0. The third kappa shape index (κ3) is 3.59. The zero-order chi connectivity index (χ0) is 19.8. The molecule has 0 aliphatic carbocycles. The molecule has 4 rings (SSSR count). The van der Waals surface area contributed by atoms with Crippen LogP contribution < -0.4 is 0 Å². The second kappa shape index (κ2) is 7.91. The Hall–Kier alpha value is -1.80. The smallest absolute Gasteiger partial charge is 0.113 e. The van der Waals surface area contributed by atoms with Crippen LogP contribution in [0.15, 0.2) is 47.8 Å². The number of ether oxygens (including phenoxy) is 1. The van der Waals surface area contributed by atoms with E-state index in [4.69, 9.17) is 4.74 Å². The lowest BCUT2D eigenvalue weighted by Gasteiger charge is -2.40. The summed E-state index contributed by atoms with van der Waals surface area (Å²) in [4.78, 5) is 0.